The van der Waals surface area contributed by atoms with Crippen LogP contribution in [-0.2, 0) is 14.3 Å². The molecule has 3 aliphatic rings. The highest BCUT2D eigenvalue weighted by Crippen LogP contribution is 2.29. The number of nitrogens with two attached hydrogens (primary N) is 1. The number of methoxy groups -OCH3 is 1. The molecule has 0 aromatic heterocycles. The lowest BCUT2D eigenvalue weighted by Gasteiger charge is -2.18. The van der Waals surface area contributed by atoms with Crippen molar-refractivity contribution in [2.24, 2.45) is 11.7 Å². The van der Waals surface area contributed by atoms with Gasteiger partial charge in [-0.15, -0.1) is 0 Å². The maximum absolute atomic E-state index is 12.8. The summed E-state index contributed by atoms with van der Waals surface area (Å²) < 4.78 is 22.4. The summed E-state index contributed by atoms with van der Waals surface area (Å²) in [6.07, 6.45) is 2.96. The summed E-state index contributed by atoms with van der Waals surface area (Å²) in [7, 11) is 1.61. The summed E-state index contributed by atoms with van der Waals surface area (Å²) in [6.45, 7) is 1.15. The number of hydrogen-bond donors (Lipinski definition) is 2. The minimum absolute atomic E-state index is 0. The molecule has 8 heteroatoms. The number of benzene rings is 2. The van der Waals surface area contributed by atoms with E-state index >= 15 is 0 Å². The normalized spacial score (nSPS) is 23.5. The Morgan fingerprint density at radius 3 is 2.41 bits per heavy atom. The first-order valence-corrected chi connectivity index (χ1v) is 10.8. The molecule has 1 aliphatic carbocycles. The lowest BCUT2D eigenvalue weighted by molar-refractivity contribution is -0.119. The van der Waals surface area contributed by atoms with Gasteiger partial charge < -0.3 is 30.0 Å². The third-order valence-corrected chi connectivity index (χ3v) is 5.68. The number of fused-ring (bicyclic) bond motifs is 1. The van der Waals surface area contributed by atoms with E-state index in [0.29, 0.717) is 30.3 Å². The van der Waals surface area contributed by atoms with E-state index in [9.17, 15) is 9.59 Å². The Bertz CT molecular complexity index is 955. The van der Waals surface area contributed by atoms with E-state index in [-0.39, 0.29) is 38.8 Å². The number of rotatable bonds is 6. The average molecular weight is 445 g/mol. The lowest BCUT2D eigenvalue weighted by atomic mass is 10.1. The van der Waals surface area contributed by atoms with E-state index in [1.807, 2.05) is 24.3 Å². The molecule has 0 spiro atoms. The van der Waals surface area contributed by atoms with Crippen LogP contribution in [0.4, 0.5) is 0 Å². The van der Waals surface area contributed by atoms with E-state index in [2.05, 4.69) is 5.32 Å². The molecule has 0 bridgehead atoms. The zero-order chi connectivity index (χ0) is 22.5. The third kappa shape index (κ3) is 5.38. The fraction of sp³-hybridized carbons (Fsp3) is 0.417. The van der Waals surface area contributed by atoms with Gasteiger partial charge in [-0.1, -0.05) is 12.1 Å². The van der Waals surface area contributed by atoms with Gasteiger partial charge in [0.15, 0.2) is 0 Å². The highest BCUT2D eigenvalue weighted by atomic mass is 16.6. The van der Waals surface area contributed by atoms with E-state index in [1.54, 1.807) is 31.4 Å². The van der Waals surface area contributed by atoms with Gasteiger partial charge in [-0.3, -0.25) is 9.59 Å². The Morgan fingerprint density at radius 1 is 1.03 bits per heavy atom. The number of carbonyl (C=O) groups is 2. The summed E-state index contributed by atoms with van der Waals surface area (Å²) in [4.78, 5) is 22.8. The zero-order valence-corrected chi connectivity index (χ0v) is 18.0. The monoisotopic (exact) mass is 444 g/mol. The van der Waals surface area contributed by atoms with E-state index in [1.165, 1.54) is 0 Å². The molecule has 32 heavy (non-hydrogen) atoms. The molecule has 0 unspecified atom stereocenters. The van der Waals surface area contributed by atoms with Gasteiger partial charge in [0.2, 0.25) is 5.91 Å². The van der Waals surface area contributed by atoms with Gasteiger partial charge in [-0.2, -0.15) is 0 Å². The second kappa shape index (κ2) is 10.0. The van der Waals surface area contributed by atoms with Crippen LogP contribution in [0.25, 0.3) is 0 Å². The second-order valence-electron chi connectivity index (χ2n) is 8.03. The van der Waals surface area contributed by atoms with Crippen LogP contribution in [0.3, 0.4) is 0 Å². The van der Waals surface area contributed by atoms with Crippen LogP contribution in [0, 0.1) is 5.92 Å². The molecule has 5 rings (SSSR count). The summed E-state index contributed by atoms with van der Waals surface area (Å²) in [5.41, 5.74) is 5.34. The fourth-order valence-electron chi connectivity index (χ4n) is 3.72. The quantitative estimate of drug-likeness (QED) is 0.708. The molecule has 0 radical (unpaired) electrons. The predicted octanol–water partition coefficient (Wildman–Crippen LogP) is 3.15. The molecule has 2 amide bonds. The van der Waals surface area contributed by atoms with Crippen LogP contribution >= 0.6 is 0 Å². The molecule has 8 nitrogen and oxygen atoms in total. The Labute approximate surface area is 189 Å². The number of nitrogens with one attached hydrogen (secondary N) is 1. The van der Waals surface area contributed by atoms with Crippen molar-refractivity contribution in [3.05, 3.63) is 54.1 Å². The summed E-state index contributed by atoms with van der Waals surface area (Å²) in [6, 6.07) is 14.3. The third-order valence-electron chi connectivity index (χ3n) is 5.68. The summed E-state index contributed by atoms with van der Waals surface area (Å²) in [5, 5.41) is 3.02. The van der Waals surface area contributed by atoms with Gasteiger partial charge in [0.1, 0.15) is 23.4 Å². The topological polar surface area (TPSA) is 109 Å². The Hall–Kier alpha value is -3.10. The highest BCUT2D eigenvalue weighted by molar-refractivity contribution is 5.97. The molecule has 3 fully saturated rings. The molecule has 1 saturated carbocycles. The SMILES string of the molecule is COc1ccc(Oc2ccccc2C(=O)N[C@H]2CO[C@@H]3CCO[C@H]23)cc1.NC(=O)C1CC1.[HH].[HH]. The molecular formula is C24H32N2O6. The van der Waals surface area contributed by atoms with E-state index < -0.39 is 0 Å². The standard InChI is InChI=1S/C20H21NO5.C4H7NO.2H2/c1-23-13-6-8-14(9-7-13)26-17-5-3-2-4-15(17)20(22)21-16-12-25-18-10-11-24-19(16)18;5-4(6)3-1-2-3;;/h2-9,16,18-19H,10-12H2,1H3,(H,21,22);3H,1-2H2,(H2,5,6);2*1H/t16-,18+,19+;;;/m0.../s1. The molecule has 3 N–H and O–H groups in total. The number of para-hydroxylation sites is 1. The maximum atomic E-state index is 12.8. The number of amides is 2. The van der Waals surface area contributed by atoms with Gasteiger partial charge in [0.25, 0.3) is 5.91 Å². The Balaban J connectivity index is 0.000000448. The summed E-state index contributed by atoms with van der Waals surface area (Å²) in [5.74, 6) is 1.79. The van der Waals surface area contributed by atoms with Crippen molar-refractivity contribution in [1.29, 1.82) is 0 Å². The molecule has 2 aliphatic heterocycles. The van der Waals surface area contributed by atoms with Crippen LogP contribution in [0.1, 0.15) is 32.5 Å². The molecule has 3 atom stereocenters. The molecule has 2 heterocycles. The number of hydrogen-bond acceptors (Lipinski definition) is 6. The van der Waals surface area contributed by atoms with Crippen LogP contribution in [0.2, 0.25) is 0 Å². The largest absolute Gasteiger partial charge is 0.497 e. The molecular weight excluding hydrogens is 412 g/mol. The minimum atomic E-state index is -0.195. The van der Waals surface area contributed by atoms with Gasteiger partial charge >= 0.3 is 0 Å². The molecule has 2 aromatic carbocycles. The first-order valence-electron chi connectivity index (χ1n) is 10.8. The lowest BCUT2D eigenvalue weighted by Crippen LogP contribution is -2.43. The number of carbonyl (C=O) groups excluding carboxylic acids is 2. The van der Waals surface area contributed by atoms with E-state index in [4.69, 9.17) is 24.7 Å². The van der Waals surface area contributed by atoms with Crippen molar-refractivity contribution in [2.75, 3.05) is 20.3 Å². The van der Waals surface area contributed by atoms with Crippen molar-refractivity contribution in [3.8, 4) is 17.2 Å². The first kappa shape index (κ1) is 22.1. The predicted molar refractivity (Wildman–Crippen MR) is 121 cm³/mol. The van der Waals surface area contributed by atoms with Crippen LogP contribution in [0.5, 0.6) is 17.2 Å². The van der Waals surface area contributed by atoms with Gasteiger partial charge in [0, 0.05) is 15.4 Å². The number of primary amides is 1. The number of ether oxygens (including phenoxy) is 4. The van der Waals surface area contributed by atoms with Crippen molar-refractivity contribution in [2.45, 2.75) is 37.5 Å². The Kier molecular flexibility index (Phi) is 6.92. The molecule has 2 aromatic rings. The van der Waals surface area contributed by atoms with Crippen molar-refractivity contribution >= 4 is 11.8 Å². The second-order valence-corrected chi connectivity index (χ2v) is 8.03. The smallest absolute Gasteiger partial charge is 0.255 e. The van der Waals surface area contributed by atoms with Crippen molar-refractivity contribution < 1.29 is 31.4 Å². The van der Waals surface area contributed by atoms with Crippen LogP contribution < -0.4 is 20.5 Å². The van der Waals surface area contributed by atoms with Crippen molar-refractivity contribution in [3.63, 3.8) is 0 Å². The minimum Gasteiger partial charge on any atom is -0.497 e. The Morgan fingerprint density at radius 2 is 1.75 bits per heavy atom. The highest BCUT2D eigenvalue weighted by Gasteiger charge is 2.42. The van der Waals surface area contributed by atoms with Crippen molar-refractivity contribution in [1.82, 2.24) is 5.32 Å². The molecule has 2 saturated heterocycles. The van der Waals surface area contributed by atoms with Gasteiger partial charge in [-0.25, -0.2) is 0 Å². The average Bonchev–Trinajstić information content (AvgIpc) is 3.45. The molecule has 174 valence electrons. The summed E-state index contributed by atoms with van der Waals surface area (Å²) >= 11 is 0. The first-order chi connectivity index (χ1) is 15.5. The van der Waals surface area contributed by atoms with E-state index in [0.717, 1.165) is 25.0 Å². The maximum Gasteiger partial charge on any atom is 0.255 e. The van der Waals surface area contributed by atoms with Gasteiger partial charge in [0.05, 0.1) is 31.4 Å². The van der Waals surface area contributed by atoms with Crippen LogP contribution in [0.15, 0.2) is 48.5 Å². The zero-order valence-electron chi connectivity index (χ0n) is 18.0. The fourth-order valence-corrected chi connectivity index (χ4v) is 3.72. The van der Waals surface area contributed by atoms with Gasteiger partial charge in [-0.05, 0) is 55.7 Å². The van der Waals surface area contributed by atoms with Crippen LogP contribution in [-0.4, -0.2) is 50.4 Å².